The molecular weight excluding hydrogens is 624 g/mol. The highest BCUT2D eigenvalue weighted by Gasteiger charge is 2.73. The van der Waals surface area contributed by atoms with Gasteiger partial charge in [-0.15, -0.1) is 0 Å². The predicted octanol–water partition coefficient (Wildman–Crippen LogP) is 2.07. The molecule has 5 aliphatic carbocycles. The number of aliphatic carboxylic acids is 2. The smallest absolute Gasteiger partial charge is 0.312 e. The molecule has 5 fully saturated rings. The Labute approximate surface area is 282 Å². The maximum atomic E-state index is 13.4. The van der Waals surface area contributed by atoms with Gasteiger partial charge in [0.15, 0.2) is 6.29 Å². The quantitative estimate of drug-likeness (QED) is 0.150. The Morgan fingerprint density at radius 3 is 2.12 bits per heavy atom. The molecule has 0 amide bonds. The maximum absolute atomic E-state index is 13.4. The van der Waals surface area contributed by atoms with Crippen molar-refractivity contribution in [2.24, 2.45) is 50.2 Å². The van der Waals surface area contributed by atoms with Crippen LogP contribution in [-0.4, -0.2) is 109 Å². The second-order valence-electron chi connectivity index (χ2n) is 17.7. The molecule has 1 heterocycles. The summed E-state index contributed by atoms with van der Waals surface area (Å²) in [5, 5.41) is 85.8. The first kappa shape index (κ1) is 36.2. The maximum Gasteiger partial charge on any atom is 0.312 e. The van der Waals surface area contributed by atoms with Crippen LogP contribution in [0.4, 0.5) is 0 Å². The molecule has 12 heteroatoms. The fourth-order valence-corrected chi connectivity index (χ4v) is 12.4. The molecule has 0 spiro atoms. The van der Waals surface area contributed by atoms with Crippen molar-refractivity contribution in [2.45, 2.75) is 135 Å². The third kappa shape index (κ3) is 4.69. The van der Waals surface area contributed by atoms with Gasteiger partial charge in [0.1, 0.15) is 30.5 Å². The van der Waals surface area contributed by atoms with Crippen LogP contribution in [0.3, 0.4) is 0 Å². The van der Waals surface area contributed by atoms with Gasteiger partial charge in [0, 0.05) is 5.41 Å². The van der Waals surface area contributed by atoms with Crippen LogP contribution in [0.1, 0.15) is 92.4 Å². The average Bonchev–Trinajstić information content (AvgIpc) is 3.01. The summed E-state index contributed by atoms with van der Waals surface area (Å²) >= 11 is 0. The van der Waals surface area contributed by atoms with E-state index < -0.39 is 94.5 Å². The number of allylic oxidation sites excluding steroid dienone is 1. The number of ether oxygens (including phenoxy) is 2. The Morgan fingerprint density at radius 2 is 1.52 bits per heavy atom. The van der Waals surface area contributed by atoms with Crippen LogP contribution in [0.2, 0.25) is 0 Å². The van der Waals surface area contributed by atoms with Gasteiger partial charge in [0.2, 0.25) is 0 Å². The number of hydrogen-bond donors (Lipinski definition) is 8. The molecule has 6 rings (SSSR count). The van der Waals surface area contributed by atoms with Crippen molar-refractivity contribution in [2.75, 3.05) is 13.2 Å². The number of aliphatic hydroxyl groups is 6. The predicted molar refractivity (Wildman–Crippen MR) is 170 cm³/mol. The lowest BCUT2D eigenvalue weighted by Gasteiger charge is -2.71. The zero-order valence-electron chi connectivity index (χ0n) is 28.8. The Morgan fingerprint density at radius 1 is 0.854 bits per heavy atom. The summed E-state index contributed by atoms with van der Waals surface area (Å²) in [7, 11) is 0. The summed E-state index contributed by atoms with van der Waals surface area (Å²) < 4.78 is 11.7. The number of fused-ring (bicyclic) bond motifs is 7. The standard InChI is InChI=1S/C36H56O12/c1-31(2)10-11-35(30(45)46)12-13-36(17-38)18(19(35)14-31)6-7-22-32(3)15-20(39)27(34(5,29(43)44)23(32)8-9-33(22,36)4)48-28-26(42)25(41)24(40)21(16-37)47-28/h6,19-28,37-42H,7-17H2,1-5H3,(H,43,44)(H,45,46)/t19?,20?,21-,22?,23?,24-,25+,26-,27?,28+,32-,33-,34+,35?,36+/m1/s1. The second kappa shape index (κ2) is 11.7. The first-order valence-corrected chi connectivity index (χ1v) is 17.7. The molecule has 0 bridgehead atoms. The van der Waals surface area contributed by atoms with Crippen molar-refractivity contribution in [3.05, 3.63) is 11.6 Å². The molecule has 12 nitrogen and oxygen atoms in total. The van der Waals surface area contributed by atoms with E-state index in [0.29, 0.717) is 38.5 Å². The van der Waals surface area contributed by atoms with Gasteiger partial charge in [-0.05, 0) is 98.7 Å². The number of carboxylic acids is 2. The SMILES string of the molecule is CC1(C)CCC2(C(=O)O)CC[C@]3(CO)C(=CCC4[C@@]5(C)CC(O)C(O[C@@H]6O[C@H](CO)[C@@H](O)[C@H](O)[C@H]6O)[C@@](C)(C(=O)O)C5CC[C@]43C)C2C1. The van der Waals surface area contributed by atoms with Gasteiger partial charge in [-0.3, -0.25) is 9.59 Å². The monoisotopic (exact) mass is 680 g/mol. The minimum atomic E-state index is -1.75. The molecule has 1 saturated heterocycles. The normalized spacial score (nSPS) is 52.9. The topological polar surface area (TPSA) is 214 Å². The van der Waals surface area contributed by atoms with Crippen LogP contribution in [0.25, 0.3) is 0 Å². The Hall–Kier alpha value is -1.64. The summed E-state index contributed by atoms with van der Waals surface area (Å²) in [6.45, 7) is 9.33. The summed E-state index contributed by atoms with van der Waals surface area (Å²) in [6, 6.07) is 0. The highest BCUT2D eigenvalue weighted by molar-refractivity contribution is 5.77. The van der Waals surface area contributed by atoms with Gasteiger partial charge < -0.3 is 50.3 Å². The molecular formula is C36H56O12. The lowest BCUT2D eigenvalue weighted by atomic mass is 9.33. The second-order valence-corrected chi connectivity index (χ2v) is 17.7. The van der Waals surface area contributed by atoms with Crippen molar-refractivity contribution >= 4 is 11.9 Å². The van der Waals surface area contributed by atoms with Crippen molar-refractivity contribution in [1.82, 2.24) is 0 Å². The average molecular weight is 681 g/mol. The summed E-state index contributed by atoms with van der Waals surface area (Å²) in [5.41, 5.74) is -3.46. The van der Waals surface area contributed by atoms with E-state index >= 15 is 0 Å². The molecule has 6 aliphatic rings. The highest BCUT2D eigenvalue weighted by atomic mass is 16.7. The number of rotatable bonds is 6. The van der Waals surface area contributed by atoms with Gasteiger partial charge in [-0.1, -0.05) is 39.3 Å². The van der Waals surface area contributed by atoms with E-state index in [1.165, 1.54) is 0 Å². The molecule has 1 aliphatic heterocycles. The third-order valence-electron chi connectivity index (χ3n) is 15.2. The van der Waals surface area contributed by atoms with Crippen LogP contribution in [-0.2, 0) is 19.1 Å². The highest BCUT2D eigenvalue weighted by Crippen LogP contribution is 2.76. The first-order chi connectivity index (χ1) is 22.3. The summed E-state index contributed by atoms with van der Waals surface area (Å²) in [6.07, 6.45) is -3.56. The van der Waals surface area contributed by atoms with Gasteiger partial charge in [0.25, 0.3) is 0 Å². The summed E-state index contributed by atoms with van der Waals surface area (Å²) in [4.78, 5) is 26.3. The molecule has 0 aromatic rings. The zero-order valence-corrected chi connectivity index (χ0v) is 28.8. The molecule has 4 saturated carbocycles. The van der Waals surface area contributed by atoms with Crippen LogP contribution in [0.5, 0.6) is 0 Å². The molecule has 6 unspecified atom stereocenters. The van der Waals surface area contributed by atoms with E-state index in [1.807, 2.05) is 6.92 Å². The fourth-order valence-electron chi connectivity index (χ4n) is 12.4. The van der Waals surface area contributed by atoms with Crippen LogP contribution in [0.15, 0.2) is 11.6 Å². The Bertz CT molecular complexity index is 1330. The van der Waals surface area contributed by atoms with Crippen molar-refractivity contribution in [1.29, 1.82) is 0 Å². The van der Waals surface area contributed by atoms with Gasteiger partial charge in [-0.25, -0.2) is 0 Å². The number of hydrogen-bond acceptors (Lipinski definition) is 10. The molecule has 272 valence electrons. The molecule has 0 aromatic carbocycles. The minimum absolute atomic E-state index is 0.0445. The van der Waals surface area contributed by atoms with Crippen molar-refractivity contribution in [3.63, 3.8) is 0 Å². The van der Waals surface area contributed by atoms with Crippen LogP contribution in [0, 0.1) is 50.2 Å². The first-order valence-electron chi connectivity index (χ1n) is 17.7. The van der Waals surface area contributed by atoms with Crippen molar-refractivity contribution < 1.29 is 59.9 Å². The fraction of sp³-hybridized carbons (Fsp3) is 0.889. The van der Waals surface area contributed by atoms with Gasteiger partial charge in [-0.2, -0.15) is 0 Å². The van der Waals surface area contributed by atoms with E-state index in [2.05, 4.69) is 26.8 Å². The molecule has 8 N–H and O–H groups in total. The minimum Gasteiger partial charge on any atom is -0.481 e. The van der Waals surface area contributed by atoms with E-state index in [4.69, 9.17) is 9.47 Å². The number of carbonyl (C=O) groups is 2. The Balaban J connectivity index is 1.38. The van der Waals surface area contributed by atoms with E-state index in [0.717, 1.165) is 18.4 Å². The molecule has 48 heavy (non-hydrogen) atoms. The molecule has 0 radical (unpaired) electrons. The van der Waals surface area contributed by atoms with Crippen LogP contribution >= 0.6 is 0 Å². The third-order valence-corrected chi connectivity index (χ3v) is 15.2. The zero-order chi connectivity index (χ0) is 35.4. The van der Waals surface area contributed by atoms with Gasteiger partial charge in [0.05, 0.1) is 30.1 Å². The lowest BCUT2D eigenvalue weighted by molar-refractivity contribution is -0.340. The van der Waals surface area contributed by atoms with E-state index in [-0.39, 0.29) is 30.3 Å². The lowest BCUT2D eigenvalue weighted by Crippen LogP contribution is -2.71. The van der Waals surface area contributed by atoms with Crippen molar-refractivity contribution in [3.8, 4) is 0 Å². The molecule has 15 atom stereocenters. The number of carboxylic acid groups (broad SMARTS) is 2. The van der Waals surface area contributed by atoms with E-state index in [9.17, 15) is 50.4 Å². The van der Waals surface area contributed by atoms with Gasteiger partial charge >= 0.3 is 11.9 Å². The number of aliphatic hydroxyl groups excluding tert-OH is 6. The molecule has 0 aromatic heterocycles. The Kier molecular flexibility index (Phi) is 8.81. The van der Waals surface area contributed by atoms with E-state index in [1.54, 1.807) is 6.92 Å². The van der Waals surface area contributed by atoms with Crippen LogP contribution < -0.4 is 0 Å². The largest absolute Gasteiger partial charge is 0.481 e. The summed E-state index contributed by atoms with van der Waals surface area (Å²) in [5.74, 6) is -2.81.